The van der Waals surface area contributed by atoms with Crippen molar-refractivity contribution < 1.29 is 14.6 Å². The molecule has 0 radical (unpaired) electrons. The number of benzene rings is 2. The number of methoxy groups -OCH3 is 1. The summed E-state index contributed by atoms with van der Waals surface area (Å²) in [5, 5.41) is 11.9. The lowest BCUT2D eigenvalue weighted by Gasteiger charge is -2.05. The second-order valence-electron chi connectivity index (χ2n) is 5.01. The molecule has 1 heterocycles. The van der Waals surface area contributed by atoms with Gasteiger partial charge < -0.3 is 9.84 Å². The summed E-state index contributed by atoms with van der Waals surface area (Å²) >= 11 is 1.59. The Labute approximate surface area is 138 Å². The van der Waals surface area contributed by atoms with E-state index in [1.165, 1.54) is 0 Å². The Hall–Kier alpha value is -2.66. The maximum Gasteiger partial charge on any atom is 0.335 e. The van der Waals surface area contributed by atoms with Crippen LogP contribution in [0.3, 0.4) is 0 Å². The normalized spacial score (nSPS) is 10.5. The van der Waals surface area contributed by atoms with E-state index in [0.717, 1.165) is 27.6 Å². The number of para-hydroxylation sites is 1. The zero-order chi connectivity index (χ0) is 16.2. The van der Waals surface area contributed by atoms with Gasteiger partial charge in [-0.2, -0.15) is 0 Å². The van der Waals surface area contributed by atoms with Crippen LogP contribution in [0.15, 0.2) is 53.9 Å². The van der Waals surface area contributed by atoms with Gasteiger partial charge in [0.2, 0.25) is 0 Å². The molecule has 0 fully saturated rings. The SMILES string of the molecule is COc1ccccc1-c1csc(Cc2ccc(C(=O)O)cc2)n1. The fraction of sp³-hybridized carbons (Fsp3) is 0.111. The largest absolute Gasteiger partial charge is 0.496 e. The van der Waals surface area contributed by atoms with Crippen LogP contribution in [0.5, 0.6) is 5.75 Å². The molecule has 0 aliphatic carbocycles. The van der Waals surface area contributed by atoms with Gasteiger partial charge in [-0.3, -0.25) is 0 Å². The van der Waals surface area contributed by atoms with E-state index < -0.39 is 5.97 Å². The highest BCUT2D eigenvalue weighted by atomic mass is 32.1. The van der Waals surface area contributed by atoms with Gasteiger partial charge in [-0.05, 0) is 29.8 Å². The number of hydrogen-bond donors (Lipinski definition) is 1. The molecule has 3 rings (SSSR count). The molecule has 23 heavy (non-hydrogen) atoms. The molecule has 0 bridgehead atoms. The Morgan fingerprint density at radius 3 is 2.61 bits per heavy atom. The molecule has 0 saturated heterocycles. The fourth-order valence-electron chi connectivity index (χ4n) is 2.31. The number of aromatic nitrogens is 1. The molecule has 116 valence electrons. The zero-order valence-electron chi connectivity index (χ0n) is 12.5. The van der Waals surface area contributed by atoms with Crippen LogP contribution in [-0.2, 0) is 6.42 Å². The van der Waals surface area contributed by atoms with Gasteiger partial charge in [-0.15, -0.1) is 11.3 Å². The smallest absolute Gasteiger partial charge is 0.335 e. The molecule has 0 aliphatic rings. The van der Waals surface area contributed by atoms with Gasteiger partial charge in [0.15, 0.2) is 0 Å². The minimum atomic E-state index is -0.913. The standard InChI is InChI=1S/C18H15NO3S/c1-22-16-5-3-2-4-14(16)15-11-23-17(19-15)10-12-6-8-13(9-7-12)18(20)21/h2-9,11H,10H2,1H3,(H,20,21). The second kappa shape index (κ2) is 6.62. The summed E-state index contributed by atoms with van der Waals surface area (Å²) in [4.78, 5) is 15.5. The van der Waals surface area contributed by atoms with E-state index in [2.05, 4.69) is 4.98 Å². The quantitative estimate of drug-likeness (QED) is 0.767. The molecule has 1 N–H and O–H groups in total. The highest BCUT2D eigenvalue weighted by molar-refractivity contribution is 7.10. The van der Waals surface area contributed by atoms with Gasteiger partial charge >= 0.3 is 5.97 Å². The third kappa shape index (κ3) is 3.40. The summed E-state index contributed by atoms with van der Waals surface area (Å²) in [7, 11) is 1.65. The van der Waals surface area contributed by atoms with Crippen molar-refractivity contribution in [1.82, 2.24) is 4.98 Å². The first-order valence-corrected chi connectivity index (χ1v) is 7.95. The van der Waals surface area contributed by atoms with Gasteiger partial charge in [0.25, 0.3) is 0 Å². The van der Waals surface area contributed by atoms with Crippen molar-refractivity contribution in [3.63, 3.8) is 0 Å². The number of carboxylic acids is 1. The first-order valence-electron chi connectivity index (χ1n) is 7.07. The Balaban J connectivity index is 1.80. The molecule has 0 amide bonds. The summed E-state index contributed by atoms with van der Waals surface area (Å²) in [5.74, 6) is -0.112. The number of aromatic carboxylic acids is 1. The first-order chi connectivity index (χ1) is 11.2. The van der Waals surface area contributed by atoms with Crippen LogP contribution in [-0.4, -0.2) is 23.2 Å². The third-order valence-corrected chi connectivity index (χ3v) is 4.34. The van der Waals surface area contributed by atoms with Crippen molar-refractivity contribution in [3.05, 3.63) is 70.0 Å². The van der Waals surface area contributed by atoms with Crippen molar-refractivity contribution in [2.24, 2.45) is 0 Å². The van der Waals surface area contributed by atoms with Crippen molar-refractivity contribution in [2.75, 3.05) is 7.11 Å². The summed E-state index contributed by atoms with van der Waals surface area (Å²) in [6.45, 7) is 0. The van der Waals surface area contributed by atoms with Crippen LogP contribution >= 0.6 is 11.3 Å². The predicted molar refractivity (Wildman–Crippen MR) is 90.3 cm³/mol. The second-order valence-corrected chi connectivity index (χ2v) is 5.95. The topological polar surface area (TPSA) is 59.4 Å². The summed E-state index contributed by atoms with van der Waals surface area (Å²) < 4.78 is 5.37. The third-order valence-electron chi connectivity index (χ3n) is 3.49. The van der Waals surface area contributed by atoms with Gasteiger partial charge in [0.05, 0.1) is 23.4 Å². The van der Waals surface area contributed by atoms with Gasteiger partial charge in [-0.25, -0.2) is 9.78 Å². The molecule has 1 aromatic heterocycles. The lowest BCUT2D eigenvalue weighted by molar-refractivity contribution is 0.0697. The number of carboxylic acid groups (broad SMARTS) is 1. The highest BCUT2D eigenvalue weighted by Crippen LogP contribution is 2.30. The van der Waals surface area contributed by atoms with Crippen LogP contribution in [0.2, 0.25) is 0 Å². The molecule has 0 atom stereocenters. The van der Waals surface area contributed by atoms with E-state index in [4.69, 9.17) is 9.84 Å². The predicted octanol–water partition coefficient (Wildman–Crippen LogP) is 4.11. The average Bonchev–Trinajstić information content (AvgIpc) is 3.03. The van der Waals surface area contributed by atoms with E-state index in [1.54, 1.807) is 30.6 Å². The highest BCUT2D eigenvalue weighted by Gasteiger charge is 2.10. The van der Waals surface area contributed by atoms with E-state index in [-0.39, 0.29) is 0 Å². The van der Waals surface area contributed by atoms with Gasteiger partial charge in [-0.1, -0.05) is 24.3 Å². The van der Waals surface area contributed by atoms with Crippen LogP contribution < -0.4 is 4.74 Å². The molecule has 2 aromatic carbocycles. The lowest BCUT2D eigenvalue weighted by atomic mass is 10.1. The summed E-state index contributed by atoms with van der Waals surface area (Å²) in [6, 6.07) is 14.7. The molecule has 3 aromatic rings. The minimum Gasteiger partial charge on any atom is -0.496 e. The van der Waals surface area contributed by atoms with E-state index in [0.29, 0.717) is 12.0 Å². The molecule has 0 unspecified atom stereocenters. The Morgan fingerprint density at radius 2 is 1.91 bits per heavy atom. The summed E-state index contributed by atoms with van der Waals surface area (Å²) in [5.41, 5.74) is 3.20. The Kier molecular flexibility index (Phi) is 4.39. The Bertz CT molecular complexity index is 824. The van der Waals surface area contributed by atoms with Crippen molar-refractivity contribution in [3.8, 4) is 17.0 Å². The number of ether oxygens (including phenoxy) is 1. The number of thiazole rings is 1. The summed E-state index contributed by atoms with van der Waals surface area (Å²) in [6.07, 6.45) is 0.680. The minimum absolute atomic E-state index is 0.294. The van der Waals surface area contributed by atoms with Crippen molar-refractivity contribution >= 4 is 17.3 Å². The van der Waals surface area contributed by atoms with E-state index in [9.17, 15) is 4.79 Å². The van der Waals surface area contributed by atoms with Crippen LogP contribution in [0.4, 0.5) is 0 Å². The van der Waals surface area contributed by atoms with Crippen molar-refractivity contribution in [1.29, 1.82) is 0 Å². The number of nitrogens with zero attached hydrogens (tertiary/aromatic N) is 1. The zero-order valence-corrected chi connectivity index (χ0v) is 13.3. The molecular formula is C18H15NO3S. The molecule has 5 heteroatoms. The number of hydrogen-bond acceptors (Lipinski definition) is 4. The van der Waals surface area contributed by atoms with Crippen LogP contribution in [0.1, 0.15) is 20.9 Å². The molecular weight excluding hydrogens is 310 g/mol. The van der Waals surface area contributed by atoms with Gasteiger partial charge in [0.1, 0.15) is 5.75 Å². The molecule has 0 aliphatic heterocycles. The maximum absolute atomic E-state index is 10.9. The van der Waals surface area contributed by atoms with E-state index >= 15 is 0 Å². The Morgan fingerprint density at radius 1 is 1.17 bits per heavy atom. The fourth-order valence-corrected chi connectivity index (χ4v) is 3.14. The first kappa shape index (κ1) is 15.2. The molecule has 0 saturated carbocycles. The van der Waals surface area contributed by atoms with Crippen LogP contribution in [0.25, 0.3) is 11.3 Å². The maximum atomic E-state index is 10.9. The molecule has 4 nitrogen and oxygen atoms in total. The van der Waals surface area contributed by atoms with E-state index in [1.807, 2.05) is 41.8 Å². The van der Waals surface area contributed by atoms with Crippen LogP contribution in [0, 0.1) is 0 Å². The number of rotatable bonds is 5. The molecule has 0 spiro atoms. The average molecular weight is 325 g/mol. The lowest BCUT2D eigenvalue weighted by Crippen LogP contribution is -1.96. The van der Waals surface area contributed by atoms with Gasteiger partial charge in [0, 0.05) is 17.4 Å². The number of carbonyl (C=O) groups is 1. The monoisotopic (exact) mass is 325 g/mol. The van der Waals surface area contributed by atoms with Crippen molar-refractivity contribution in [2.45, 2.75) is 6.42 Å².